The number of nitrogens with two attached hydrogens (primary N) is 1. The van der Waals surface area contributed by atoms with Crippen LogP contribution in [0, 0.1) is 11.3 Å². The first-order valence-electron chi connectivity index (χ1n) is 6.79. The first kappa shape index (κ1) is 14.4. The fourth-order valence-corrected chi connectivity index (χ4v) is 2.03. The lowest BCUT2D eigenvalue weighted by molar-refractivity contribution is 0.248. The van der Waals surface area contributed by atoms with Crippen molar-refractivity contribution in [2.75, 3.05) is 0 Å². The number of ether oxygens (including phenoxy) is 1. The summed E-state index contributed by atoms with van der Waals surface area (Å²) in [7, 11) is 0. The molecule has 1 heterocycles. The van der Waals surface area contributed by atoms with E-state index in [2.05, 4.69) is 11.2 Å². The third kappa shape index (κ3) is 3.19. The smallest absolute Gasteiger partial charge is 0.339 e. The molecule has 0 bridgehead atoms. The average molecular weight is 304 g/mol. The molecular formula is C17H12N4O2. The van der Waals surface area contributed by atoms with Crippen LogP contribution >= 0.6 is 0 Å². The Kier molecular flexibility index (Phi) is 3.77. The summed E-state index contributed by atoms with van der Waals surface area (Å²) in [6, 6.07) is 17.3. The van der Waals surface area contributed by atoms with Gasteiger partial charge in [-0.2, -0.15) is 15.0 Å². The Balaban J connectivity index is 1.75. The topological polar surface area (TPSA) is 93.9 Å². The minimum absolute atomic E-state index is 0.581. The standard InChI is InChI=1S/C17H12N4O2/c18-11-12-1-5-14(6-2-12)23-15-7-3-13(4-8-15)16-9-10-21(20-16)17(19)22/h1-10H,(H2,19,22). The van der Waals surface area contributed by atoms with Crippen molar-refractivity contribution in [2.45, 2.75) is 0 Å². The van der Waals surface area contributed by atoms with Crippen molar-refractivity contribution in [1.29, 1.82) is 5.26 Å². The van der Waals surface area contributed by atoms with Crippen LogP contribution in [0.2, 0.25) is 0 Å². The molecule has 0 saturated carbocycles. The highest BCUT2D eigenvalue weighted by Gasteiger charge is 2.06. The fourth-order valence-electron chi connectivity index (χ4n) is 2.03. The molecule has 2 aromatic carbocycles. The Hall–Kier alpha value is -3.59. The number of hydrogen-bond acceptors (Lipinski definition) is 4. The second-order valence-corrected chi connectivity index (χ2v) is 4.75. The molecule has 0 radical (unpaired) electrons. The SMILES string of the molecule is N#Cc1ccc(Oc2ccc(-c3ccn(C(N)=O)n3)cc2)cc1. The lowest BCUT2D eigenvalue weighted by Gasteiger charge is -2.06. The number of nitriles is 1. The molecule has 3 rings (SSSR count). The highest BCUT2D eigenvalue weighted by atomic mass is 16.5. The first-order valence-corrected chi connectivity index (χ1v) is 6.79. The molecule has 0 aliphatic carbocycles. The maximum Gasteiger partial charge on any atom is 0.339 e. The van der Waals surface area contributed by atoms with E-state index in [1.807, 2.05) is 12.1 Å². The van der Waals surface area contributed by atoms with Gasteiger partial charge in [-0.3, -0.25) is 0 Å². The summed E-state index contributed by atoms with van der Waals surface area (Å²) in [6.07, 6.45) is 1.51. The zero-order chi connectivity index (χ0) is 16.2. The van der Waals surface area contributed by atoms with Gasteiger partial charge in [-0.25, -0.2) is 4.79 Å². The molecule has 2 N–H and O–H groups in total. The minimum Gasteiger partial charge on any atom is -0.457 e. The second-order valence-electron chi connectivity index (χ2n) is 4.75. The molecular weight excluding hydrogens is 292 g/mol. The van der Waals surface area contributed by atoms with Crippen LogP contribution in [0.1, 0.15) is 5.56 Å². The van der Waals surface area contributed by atoms with Gasteiger partial charge in [0.25, 0.3) is 0 Å². The van der Waals surface area contributed by atoms with Crippen molar-refractivity contribution in [3.8, 4) is 28.8 Å². The van der Waals surface area contributed by atoms with Crippen molar-refractivity contribution in [3.63, 3.8) is 0 Å². The molecule has 0 aliphatic heterocycles. The number of carbonyl (C=O) groups excluding carboxylic acids is 1. The third-order valence-electron chi connectivity index (χ3n) is 3.18. The Labute approximate surface area is 132 Å². The molecule has 23 heavy (non-hydrogen) atoms. The summed E-state index contributed by atoms with van der Waals surface area (Å²) in [5, 5.41) is 12.8. The molecule has 6 heteroatoms. The molecule has 0 saturated heterocycles. The quantitative estimate of drug-likeness (QED) is 0.804. The Bertz CT molecular complexity index is 874. The molecule has 1 amide bonds. The lowest BCUT2D eigenvalue weighted by Crippen LogP contribution is -2.19. The van der Waals surface area contributed by atoms with Crippen molar-refractivity contribution in [1.82, 2.24) is 9.78 Å². The van der Waals surface area contributed by atoms with Crippen LogP contribution in [0.15, 0.2) is 60.8 Å². The van der Waals surface area contributed by atoms with E-state index in [1.54, 1.807) is 42.5 Å². The van der Waals surface area contributed by atoms with Crippen molar-refractivity contribution >= 4 is 6.03 Å². The summed E-state index contributed by atoms with van der Waals surface area (Å²) < 4.78 is 6.78. The number of benzene rings is 2. The van der Waals surface area contributed by atoms with Crippen molar-refractivity contribution in [3.05, 3.63) is 66.4 Å². The molecule has 1 aromatic heterocycles. The molecule has 0 atom stereocenters. The highest BCUT2D eigenvalue weighted by molar-refractivity contribution is 5.74. The van der Waals surface area contributed by atoms with E-state index in [1.165, 1.54) is 6.20 Å². The van der Waals surface area contributed by atoms with Crippen LogP contribution in [0.3, 0.4) is 0 Å². The van der Waals surface area contributed by atoms with Gasteiger partial charge in [-0.05, 0) is 54.6 Å². The van der Waals surface area contributed by atoms with Gasteiger partial charge in [-0.15, -0.1) is 0 Å². The second kappa shape index (κ2) is 6.03. The van der Waals surface area contributed by atoms with Gasteiger partial charge in [0, 0.05) is 11.8 Å². The fraction of sp³-hybridized carbons (Fsp3) is 0. The van der Waals surface area contributed by atoms with Crippen LogP contribution in [0.4, 0.5) is 4.79 Å². The normalized spacial score (nSPS) is 10.0. The lowest BCUT2D eigenvalue weighted by atomic mass is 10.1. The Morgan fingerprint density at radius 1 is 1.04 bits per heavy atom. The number of nitrogens with zero attached hydrogens (tertiary/aromatic N) is 3. The molecule has 112 valence electrons. The largest absolute Gasteiger partial charge is 0.457 e. The monoisotopic (exact) mass is 304 g/mol. The summed E-state index contributed by atoms with van der Waals surface area (Å²) in [5.74, 6) is 1.31. The van der Waals surface area contributed by atoms with Crippen LogP contribution in [-0.4, -0.2) is 15.8 Å². The van der Waals surface area contributed by atoms with Crippen molar-refractivity contribution < 1.29 is 9.53 Å². The van der Waals surface area contributed by atoms with Crippen LogP contribution in [0.25, 0.3) is 11.3 Å². The minimum atomic E-state index is -0.628. The van der Waals surface area contributed by atoms with Crippen LogP contribution < -0.4 is 10.5 Å². The van der Waals surface area contributed by atoms with E-state index < -0.39 is 6.03 Å². The van der Waals surface area contributed by atoms with Gasteiger partial charge in [0.15, 0.2) is 0 Å². The van der Waals surface area contributed by atoms with E-state index in [4.69, 9.17) is 15.7 Å². The molecule has 0 spiro atoms. The highest BCUT2D eigenvalue weighted by Crippen LogP contribution is 2.25. The predicted molar refractivity (Wildman–Crippen MR) is 83.9 cm³/mol. The zero-order valence-corrected chi connectivity index (χ0v) is 12.0. The maximum absolute atomic E-state index is 11.0. The number of aromatic nitrogens is 2. The van der Waals surface area contributed by atoms with Crippen LogP contribution in [-0.2, 0) is 0 Å². The van der Waals surface area contributed by atoms with Gasteiger partial charge >= 0.3 is 6.03 Å². The van der Waals surface area contributed by atoms with E-state index >= 15 is 0 Å². The number of primary amides is 1. The van der Waals surface area contributed by atoms with Gasteiger partial charge in [0.1, 0.15) is 11.5 Å². The average Bonchev–Trinajstić information content (AvgIpc) is 3.07. The van der Waals surface area contributed by atoms with E-state index in [0.29, 0.717) is 22.8 Å². The molecule has 0 aliphatic rings. The first-order chi connectivity index (χ1) is 11.2. The Morgan fingerprint density at radius 2 is 1.65 bits per heavy atom. The molecule has 0 unspecified atom stereocenters. The number of hydrogen-bond donors (Lipinski definition) is 1. The van der Waals surface area contributed by atoms with Gasteiger partial charge in [0.05, 0.1) is 17.3 Å². The van der Waals surface area contributed by atoms with Gasteiger partial charge in [-0.1, -0.05) is 0 Å². The van der Waals surface area contributed by atoms with E-state index in [0.717, 1.165) is 10.2 Å². The molecule has 3 aromatic rings. The third-order valence-corrected chi connectivity index (χ3v) is 3.18. The van der Waals surface area contributed by atoms with E-state index in [9.17, 15) is 4.79 Å². The van der Waals surface area contributed by atoms with Gasteiger partial charge < -0.3 is 10.5 Å². The summed E-state index contributed by atoms with van der Waals surface area (Å²) in [5.41, 5.74) is 7.23. The zero-order valence-electron chi connectivity index (χ0n) is 12.0. The van der Waals surface area contributed by atoms with Gasteiger partial charge in [0.2, 0.25) is 0 Å². The van der Waals surface area contributed by atoms with Crippen molar-refractivity contribution in [2.24, 2.45) is 5.73 Å². The summed E-state index contributed by atoms with van der Waals surface area (Å²) in [4.78, 5) is 11.0. The number of carbonyl (C=O) groups is 1. The maximum atomic E-state index is 11.0. The molecule has 0 fully saturated rings. The number of amides is 1. The summed E-state index contributed by atoms with van der Waals surface area (Å²) >= 11 is 0. The summed E-state index contributed by atoms with van der Waals surface area (Å²) in [6.45, 7) is 0. The van der Waals surface area contributed by atoms with Crippen LogP contribution in [0.5, 0.6) is 11.5 Å². The number of rotatable bonds is 3. The molecule has 6 nitrogen and oxygen atoms in total. The predicted octanol–water partition coefficient (Wildman–Crippen LogP) is 3.14. The Morgan fingerprint density at radius 3 is 2.17 bits per heavy atom. The van der Waals surface area contributed by atoms with E-state index in [-0.39, 0.29) is 0 Å².